The van der Waals surface area contributed by atoms with Gasteiger partial charge in [0.15, 0.2) is 0 Å². The predicted octanol–water partition coefficient (Wildman–Crippen LogP) is 2.65. The molecule has 5 heteroatoms. The van der Waals surface area contributed by atoms with Crippen LogP contribution >= 0.6 is 11.8 Å². The Hall–Kier alpha value is -1.85. The van der Waals surface area contributed by atoms with Crippen molar-refractivity contribution < 1.29 is 9.18 Å². The van der Waals surface area contributed by atoms with E-state index in [0.717, 1.165) is 0 Å². The van der Waals surface area contributed by atoms with Crippen molar-refractivity contribution in [2.24, 2.45) is 11.5 Å². The third kappa shape index (κ3) is 3.62. The fourth-order valence-corrected chi connectivity index (χ4v) is 3.05. The van der Waals surface area contributed by atoms with Gasteiger partial charge in [0, 0.05) is 10.6 Å². The molecule has 0 radical (unpaired) electrons. The highest BCUT2D eigenvalue weighted by Gasteiger charge is 2.33. The van der Waals surface area contributed by atoms with Crippen molar-refractivity contribution in [3.05, 3.63) is 66.0 Å². The molecule has 0 heterocycles. The highest BCUT2D eigenvalue weighted by atomic mass is 32.2. The van der Waals surface area contributed by atoms with Crippen LogP contribution in [0.2, 0.25) is 0 Å². The number of thioether (sulfide) groups is 1. The lowest BCUT2D eigenvalue weighted by atomic mass is 9.88. The Morgan fingerprint density at radius 1 is 1.10 bits per heavy atom. The van der Waals surface area contributed by atoms with Gasteiger partial charge in [-0.15, -0.1) is 11.8 Å². The topological polar surface area (TPSA) is 69.1 Å². The predicted molar refractivity (Wildman–Crippen MR) is 83.2 cm³/mol. The van der Waals surface area contributed by atoms with Crippen molar-refractivity contribution in [2.45, 2.75) is 16.9 Å². The van der Waals surface area contributed by atoms with Crippen LogP contribution in [0.5, 0.6) is 0 Å². The van der Waals surface area contributed by atoms with Crippen molar-refractivity contribution in [3.8, 4) is 0 Å². The van der Waals surface area contributed by atoms with E-state index >= 15 is 0 Å². The highest BCUT2D eigenvalue weighted by Crippen LogP contribution is 2.28. The summed E-state index contributed by atoms with van der Waals surface area (Å²) < 4.78 is 13.5. The van der Waals surface area contributed by atoms with Crippen LogP contribution in [0.3, 0.4) is 0 Å². The molecule has 0 spiro atoms. The summed E-state index contributed by atoms with van der Waals surface area (Å²) in [6, 6.07) is 15.5. The Morgan fingerprint density at radius 2 is 1.71 bits per heavy atom. The summed E-state index contributed by atoms with van der Waals surface area (Å²) in [5, 5.41) is 0. The van der Waals surface area contributed by atoms with Gasteiger partial charge in [-0.1, -0.05) is 42.5 Å². The molecule has 0 bridgehead atoms. The van der Waals surface area contributed by atoms with E-state index in [4.69, 9.17) is 11.5 Å². The third-order valence-corrected chi connectivity index (χ3v) is 4.37. The van der Waals surface area contributed by atoms with Crippen LogP contribution in [0.1, 0.15) is 12.0 Å². The zero-order valence-electron chi connectivity index (χ0n) is 11.5. The molecule has 2 aromatic carbocycles. The molecule has 2 rings (SSSR count). The monoisotopic (exact) mass is 304 g/mol. The van der Waals surface area contributed by atoms with Gasteiger partial charge in [0.2, 0.25) is 5.91 Å². The molecule has 0 aromatic heterocycles. The maximum Gasteiger partial charge on any atom is 0.242 e. The van der Waals surface area contributed by atoms with Crippen molar-refractivity contribution in [3.63, 3.8) is 0 Å². The molecule has 0 aliphatic heterocycles. The van der Waals surface area contributed by atoms with Gasteiger partial charge >= 0.3 is 0 Å². The Labute approximate surface area is 127 Å². The number of carbonyl (C=O) groups is 1. The maximum absolute atomic E-state index is 13.5. The van der Waals surface area contributed by atoms with E-state index in [9.17, 15) is 9.18 Å². The molecular formula is C16H17FN2OS. The zero-order chi connectivity index (χ0) is 15.3. The maximum atomic E-state index is 13.5. The van der Waals surface area contributed by atoms with Gasteiger partial charge in [0.05, 0.1) is 0 Å². The first kappa shape index (κ1) is 15.5. The van der Waals surface area contributed by atoms with Crippen LogP contribution in [-0.4, -0.2) is 11.7 Å². The molecule has 21 heavy (non-hydrogen) atoms. The molecule has 0 saturated heterocycles. The number of hydrogen-bond donors (Lipinski definition) is 2. The quantitative estimate of drug-likeness (QED) is 0.806. The molecule has 2 aromatic rings. The minimum atomic E-state index is -1.24. The second-order valence-corrected chi connectivity index (χ2v) is 5.87. The van der Waals surface area contributed by atoms with Gasteiger partial charge in [0.25, 0.3) is 0 Å². The second-order valence-electron chi connectivity index (χ2n) is 4.73. The smallest absolute Gasteiger partial charge is 0.242 e. The minimum absolute atomic E-state index is 0.274. The summed E-state index contributed by atoms with van der Waals surface area (Å²) in [7, 11) is 0. The fraction of sp³-hybridized carbons (Fsp3) is 0.188. The summed E-state index contributed by atoms with van der Waals surface area (Å²) in [6.07, 6.45) is 0.339. The van der Waals surface area contributed by atoms with E-state index < -0.39 is 11.4 Å². The van der Waals surface area contributed by atoms with Gasteiger partial charge in [-0.3, -0.25) is 4.79 Å². The summed E-state index contributed by atoms with van der Waals surface area (Å²) in [5.74, 6) is -0.360. The first-order chi connectivity index (χ1) is 10.0. The first-order valence-corrected chi connectivity index (χ1v) is 7.54. The highest BCUT2D eigenvalue weighted by molar-refractivity contribution is 7.99. The third-order valence-electron chi connectivity index (χ3n) is 3.32. The molecule has 1 amide bonds. The van der Waals surface area contributed by atoms with Crippen molar-refractivity contribution in [1.29, 1.82) is 0 Å². The molecule has 1 unspecified atom stereocenters. The summed E-state index contributed by atoms with van der Waals surface area (Å²) in [4.78, 5) is 12.3. The molecule has 0 fully saturated rings. The molecule has 3 nitrogen and oxygen atoms in total. The Kier molecular flexibility index (Phi) is 4.98. The first-order valence-electron chi connectivity index (χ1n) is 6.55. The normalized spacial score (nSPS) is 13.6. The molecule has 0 aliphatic rings. The second kappa shape index (κ2) is 6.74. The molecule has 4 N–H and O–H groups in total. The number of benzene rings is 2. The van der Waals surface area contributed by atoms with E-state index in [1.54, 1.807) is 30.3 Å². The summed E-state index contributed by atoms with van der Waals surface area (Å²) in [5.41, 5.74) is 11.1. The lowest BCUT2D eigenvalue weighted by Crippen LogP contribution is -2.49. The Bertz CT molecular complexity index is 621. The lowest BCUT2D eigenvalue weighted by Gasteiger charge is -2.26. The minimum Gasteiger partial charge on any atom is -0.368 e. The van der Waals surface area contributed by atoms with Crippen LogP contribution in [-0.2, 0) is 10.3 Å². The van der Waals surface area contributed by atoms with Crippen LogP contribution < -0.4 is 11.5 Å². The number of halogens is 1. The van der Waals surface area contributed by atoms with Crippen LogP contribution in [0, 0.1) is 5.82 Å². The average Bonchev–Trinajstić information content (AvgIpc) is 2.49. The van der Waals surface area contributed by atoms with Crippen LogP contribution in [0.15, 0.2) is 59.5 Å². The SMILES string of the molecule is NC(=O)C(N)(CCSc1ccccc1F)c1ccccc1. The van der Waals surface area contributed by atoms with Crippen molar-refractivity contribution >= 4 is 17.7 Å². The molecule has 0 aliphatic carbocycles. The Balaban J connectivity index is 2.08. The number of nitrogens with two attached hydrogens (primary N) is 2. The van der Waals surface area contributed by atoms with E-state index in [0.29, 0.717) is 22.6 Å². The largest absolute Gasteiger partial charge is 0.368 e. The van der Waals surface area contributed by atoms with E-state index in [1.165, 1.54) is 17.8 Å². The zero-order valence-corrected chi connectivity index (χ0v) is 12.3. The average molecular weight is 304 g/mol. The fourth-order valence-electron chi connectivity index (χ4n) is 2.03. The van der Waals surface area contributed by atoms with E-state index in [1.807, 2.05) is 18.2 Å². The molecule has 1 atom stereocenters. The number of rotatable bonds is 6. The standard InChI is InChI=1S/C16H17FN2OS/c17-13-8-4-5-9-14(13)21-11-10-16(19,15(18)20)12-6-2-1-3-7-12/h1-9H,10-11,19H2,(H2,18,20). The van der Waals surface area contributed by atoms with E-state index in [-0.39, 0.29) is 5.82 Å². The van der Waals surface area contributed by atoms with Gasteiger partial charge in [0.1, 0.15) is 11.4 Å². The van der Waals surface area contributed by atoms with Gasteiger partial charge in [-0.25, -0.2) is 4.39 Å². The Morgan fingerprint density at radius 3 is 2.33 bits per heavy atom. The summed E-state index contributed by atoms with van der Waals surface area (Å²) >= 11 is 1.32. The van der Waals surface area contributed by atoms with E-state index in [2.05, 4.69) is 0 Å². The van der Waals surface area contributed by atoms with Crippen molar-refractivity contribution in [2.75, 3.05) is 5.75 Å². The van der Waals surface area contributed by atoms with Gasteiger partial charge in [-0.05, 0) is 24.1 Å². The van der Waals surface area contributed by atoms with Crippen LogP contribution in [0.25, 0.3) is 0 Å². The van der Waals surface area contributed by atoms with Gasteiger partial charge in [-0.2, -0.15) is 0 Å². The molecule has 0 saturated carbocycles. The van der Waals surface area contributed by atoms with Crippen molar-refractivity contribution in [1.82, 2.24) is 0 Å². The molecular weight excluding hydrogens is 287 g/mol. The van der Waals surface area contributed by atoms with Gasteiger partial charge < -0.3 is 11.5 Å². The number of hydrogen-bond acceptors (Lipinski definition) is 3. The number of amides is 1. The molecule has 110 valence electrons. The number of primary amides is 1. The summed E-state index contributed by atoms with van der Waals surface area (Å²) in [6.45, 7) is 0. The lowest BCUT2D eigenvalue weighted by molar-refractivity contribution is -0.123. The van der Waals surface area contributed by atoms with Crippen LogP contribution in [0.4, 0.5) is 4.39 Å². The number of carbonyl (C=O) groups excluding carboxylic acids is 1.